The van der Waals surface area contributed by atoms with Crippen LogP contribution in [0.1, 0.15) is 38.7 Å². The van der Waals surface area contributed by atoms with Crippen LogP contribution in [-0.4, -0.2) is 11.6 Å². The van der Waals surface area contributed by atoms with Crippen molar-refractivity contribution in [1.29, 1.82) is 0 Å². The highest BCUT2D eigenvalue weighted by atomic mass is 16.3. The second-order valence-corrected chi connectivity index (χ2v) is 7.82. The number of rotatable bonds is 1. The number of fused-ring (bicyclic) bond motifs is 5. The lowest BCUT2D eigenvalue weighted by atomic mass is 9.94. The molecule has 1 saturated carbocycles. The molecule has 0 N–H and O–H groups in total. The Bertz CT molecular complexity index is 924. The predicted octanol–water partition coefficient (Wildman–Crippen LogP) is 5.66. The van der Waals surface area contributed by atoms with E-state index < -0.39 is 0 Å². The number of nitrogens with zero attached hydrogens (tertiary/aromatic N) is 1. The zero-order valence-electron chi connectivity index (χ0n) is 14.1. The van der Waals surface area contributed by atoms with E-state index in [1.54, 1.807) is 0 Å². The average Bonchev–Trinajstić information content (AvgIpc) is 3.17. The van der Waals surface area contributed by atoms with E-state index in [0.717, 1.165) is 17.1 Å². The fourth-order valence-corrected chi connectivity index (χ4v) is 5.24. The first-order chi connectivity index (χ1) is 11.1. The molecule has 1 aromatic heterocycles. The third-order valence-corrected chi connectivity index (χ3v) is 6.39. The van der Waals surface area contributed by atoms with Crippen molar-refractivity contribution in [3.05, 3.63) is 42.0 Å². The molecule has 118 valence electrons. The molecule has 23 heavy (non-hydrogen) atoms. The van der Waals surface area contributed by atoms with Crippen molar-refractivity contribution in [3.8, 4) is 0 Å². The summed E-state index contributed by atoms with van der Waals surface area (Å²) in [5, 5.41) is 2.48. The molecular weight excluding hydrogens is 282 g/mol. The lowest BCUT2D eigenvalue weighted by molar-refractivity contribution is 0.402. The number of hydrogen-bond acceptors (Lipinski definition) is 2. The van der Waals surface area contributed by atoms with Crippen LogP contribution < -0.4 is 4.90 Å². The van der Waals surface area contributed by atoms with Crippen molar-refractivity contribution < 1.29 is 4.42 Å². The van der Waals surface area contributed by atoms with Gasteiger partial charge in [0.1, 0.15) is 5.58 Å². The Kier molecular flexibility index (Phi) is 2.53. The molecular formula is C21H23NO. The van der Waals surface area contributed by atoms with Crippen LogP contribution in [0.5, 0.6) is 0 Å². The van der Waals surface area contributed by atoms with Crippen molar-refractivity contribution in [3.63, 3.8) is 0 Å². The predicted molar refractivity (Wildman–Crippen MR) is 96.1 cm³/mol. The van der Waals surface area contributed by atoms with Crippen molar-refractivity contribution in [2.75, 3.05) is 4.90 Å². The minimum atomic E-state index is 0.294. The Hall–Kier alpha value is -1.96. The van der Waals surface area contributed by atoms with Crippen LogP contribution in [-0.2, 0) is 0 Å². The molecule has 0 spiro atoms. The Balaban J connectivity index is 1.83. The monoisotopic (exact) mass is 305 g/mol. The number of furan rings is 1. The number of piperidine rings is 1. The van der Waals surface area contributed by atoms with E-state index in [-0.39, 0.29) is 0 Å². The van der Waals surface area contributed by atoms with E-state index in [9.17, 15) is 0 Å². The summed E-state index contributed by atoms with van der Waals surface area (Å²) in [7, 11) is 0. The summed E-state index contributed by atoms with van der Waals surface area (Å²) in [6.45, 7) is 7.07. The molecule has 2 nitrogen and oxygen atoms in total. The first-order valence-corrected chi connectivity index (χ1v) is 8.79. The molecule has 2 fully saturated rings. The molecule has 0 amide bonds. The third-order valence-electron chi connectivity index (χ3n) is 6.39. The zero-order chi connectivity index (χ0) is 15.8. The topological polar surface area (TPSA) is 16.4 Å². The van der Waals surface area contributed by atoms with Gasteiger partial charge in [0.2, 0.25) is 0 Å². The Morgan fingerprint density at radius 3 is 2.74 bits per heavy atom. The molecule has 2 aromatic carbocycles. The molecule has 0 radical (unpaired) electrons. The van der Waals surface area contributed by atoms with Crippen molar-refractivity contribution in [2.24, 2.45) is 5.92 Å². The van der Waals surface area contributed by atoms with Gasteiger partial charge >= 0.3 is 0 Å². The fraction of sp³-hybridized carbons (Fsp3) is 0.429. The second kappa shape index (κ2) is 4.31. The third kappa shape index (κ3) is 1.64. The first-order valence-electron chi connectivity index (χ1n) is 8.79. The zero-order valence-corrected chi connectivity index (χ0v) is 14.1. The number of benzene rings is 2. The molecule has 1 aliphatic heterocycles. The summed E-state index contributed by atoms with van der Waals surface area (Å²) in [6.07, 6.45) is 4.01. The van der Waals surface area contributed by atoms with Gasteiger partial charge in [-0.1, -0.05) is 30.3 Å². The van der Waals surface area contributed by atoms with Crippen LogP contribution >= 0.6 is 0 Å². The van der Waals surface area contributed by atoms with Crippen LogP contribution in [0.25, 0.3) is 21.9 Å². The quantitative estimate of drug-likeness (QED) is 0.576. The molecule has 2 heteroatoms. The Morgan fingerprint density at radius 2 is 1.96 bits per heavy atom. The minimum absolute atomic E-state index is 0.294. The summed E-state index contributed by atoms with van der Waals surface area (Å²) in [5.41, 5.74) is 5.03. The summed E-state index contributed by atoms with van der Waals surface area (Å²) in [5.74, 6) is 0.832. The second-order valence-electron chi connectivity index (χ2n) is 7.82. The van der Waals surface area contributed by atoms with Gasteiger partial charge in [0.15, 0.2) is 5.58 Å². The van der Waals surface area contributed by atoms with Gasteiger partial charge in [0.25, 0.3) is 0 Å². The van der Waals surface area contributed by atoms with Crippen molar-refractivity contribution in [2.45, 2.75) is 51.6 Å². The van der Waals surface area contributed by atoms with Gasteiger partial charge in [-0.2, -0.15) is 0 Å². The molecule has 2 bridgehead atoms. The minimum Gasteiger partial charge on any atom is -0.454 e. The lowest BCUT2D eigenvalue weighted by Crippen LogP contribution is -2.47. The number of hydrogen-bond donors (Lipinski definition) is 0. The average molecular weight is 305 g/mol. The highest BCUT2D eigenvalue weighted by molar-refractivity contribution is 6.09. The molecule has 3 aromatic rings. The molecule has 2 aliphatic rings. The maximum absolute atomic E-state index is 6.34. The summed E-state index contributed by atoms with van der Waals surface area (Å²) >= 11 is 0. The Morgan fingerprint density at radius 1 is 1.13 bits per heavy atom. The van der Waals surface area contributed by atoms with Gasteiger partial charge in [-0.15, -0.1) is 0 Å². The van der Waals surface area contributed by atoms with E-state index in [0.29, 0.717) is 11.6 Å². The molecule has 3 atom stereocenters. The molecule has 5 rings (SSSR count). The summed E-state index contributed by atoms with van der Waals surface area (Å²) < 4.78 is 6.34. The first kappa shape index (κ1) is 13.5. The van der Waals surface area contributed by atoms with E-state index >= 15 is 0 Å². The highest BCUT2D eigenvalue weighted by Crippen LogP contribution is 2.54. The molecule has 2 heterocycles. The SMILES string of the molecule is Cc1ccc2c(oc3ccccc32)c1N1C(C)C2CCC1(C)C2. The van der Waals surface area contributed by atoms with Gasteiger partial charge in [0, 0.05) is 22.4 Å². The highest BCUT2D eigenvalue weighted by Gasteiger charge is 2.52. The Labute approximate surface area is 137 Å². The van der Waals surface area contributed by atoms with Crippen molar-refractivity contribution >= 4 is 27.6 Å². The molecule has 1 aliphatic carbocycles. The smallest absolute Gasteiger partial charge is 0.158 e. The largest absolute Gasteiger partial charge is 0.454 e. The van der Waals surface area contributed by atoms with E-state index in [1.165, 1.54) is 41.3 Å². The van der Waals surface area contributed by atoms with Crippen LogP contribution in [0.15, 0.2) is 40.8 Å². The number of aryl methyl sites for hydroxylation is 1. The van der Waals surface area contributed by atoms with Crippen LogP contribution in [0.2, 0.25) is 0 Å². The van der Waals surface area contributed by atoms with E-state index in [1.807, 2.05) is 0 Å². The van der Waals surface area contributed by atoms with Gasteiger partial charge < -0.3 is 9.32 Å². The van der Waals surface area contributed by atoms with Gasteiger partial charge in [0.05, 0.1) is 5.69 Å². The summed E-state index contributed by atoms with van der Waals surface area (Å²) in [6, 6.07) is 13.5. The number of anilines is 1. The van der Waals surface area contributed by atoms with Gasteiger partial charge in [-0.25, -0.2) is 0 Å². The molecule has 1 saturated heterocycles. The van der Waals surface area contributed by atoms with E-state index in [4.69, 9.17) is 4.42 Å². The lowest BCUT2D eigenvalue weighted by Gasteiger charge is -2.42. The van der Waals surface area contributed by atoms with Gasteiger partial charge in [-0.05, 0) is 57.6 Å². The maximum atomic E-state index is 6.34. The normalized spacial score (nSPS) is 30.0. The fourth-order valence-electron chi connectivity index (χ4n) is 5.24. The summed E-state index contributed by atoms with van der Waals surface area (Å²) in [4.78, 5) is 2.68. The molecule has 3 unspecified atom stereocenters. The van der Waals surface area contributed by atoms with Crippen LogP contribution in [0, 0.1) is 12.8 Å². The standard InChI is InChI=1S/C21H23NO/c1-13-8-9-17-16-6-4-5-7-18(16)23-20(17)19(13)22-14(2)15-10-11-21(22,3)12-15/h4-9,14-15H,10-12H2,1-3H3. The van der Waals surface area contributed by atoms with Crippen LogP contribution in [0.4, 0.5) is 5.69 Å². The van der Waals surface area contributed by atoms with E-state index in [2.05, 4.69) is 62.1 Å². The van der Waals surface area contributed by atoms with Crippen LogP contribution in [0.3, 0.4) is 0 Å². The van der Waals surface area contributed by atoms with Gasteiger partial charge in [-0.3, -0.25) is 0 Å². The van der Waals surface area contributed by atoms with Crippen molar-refractivity contribution in [1.82, 2.24) is 0 Å². The maximum Gasteiger partial charge on any atom is 0.158 e. The number of para-hydroxylation sites is 1.